The number of hydrogen-bond donors (Lipinski definition) is 1. The number of hydrogen-bond acceptors (Lipinski definition) is 4. The molecule has 0 aliphatic carbocycles. The molecule has 1 aromatic carbocycles. The molecule has 0 atom stereocenters. The second-order valence-electron chi connectivity index (χ2n) is 3.31. The molecule has 90 valence electrons. The third-order valence-electron chi connectivity index (χ3n) is 1.98. The fraction of sp³-hybridized carbons (Fsp3) is 0.182. The lowest BCUT2D eigenvalue weighted by Crippen LogP contribution is -2.04. The van der Waals surface area contributed by atoms with Crippen molar-refractivity contribution in [2.24, 2.45) is 0 Å². The lowest BCUT2D eigenvalue weighted by Gasteiger charge is -2.01. The lowest BCUT2D eigenvalue weighted by molar-refractivity contribution is 0.318. The van der Waals surface area contributed by atoms with Gasteiger partial charge in [0.25, 0.3) is 0 Å². The van der Waals surface area contributed by atoms with Gasteiger partial charge in [-0.3, -0.25) is 0 Å². The smallest absolute Gasteiger partial charge is 0.399 e. The van der Waals surface area contributed by atoms with Crippen LogP contribution in [0.5, 0.6) is 11.8 Å². The molecule has 1 N–H and O–H groups in total. The van der Waals surface area contributed by atoms with Crippen LogP contribution in [0.4, 0.5) is 4.39 Å². The van der Waals surface area contributed by atoms with Crippen molar-refractivity contribution in [1.82, 2.24) is 10.3 Å². The molecule has 0 aliphatic heterocycles. The summed E-state index contributed by atoms with van der Waals surface area (Å²) in [6, 6.07) is 4.49. The summed E-state index contributed by atoms with van der Waals surface area (Å²) in [6.45, 7) is 0.565. The minimum Gasteiger partial charge on any atom is -0.417 e. The Labute approximate surface area is 106 Å². The zero-order chi connectivity index (χ0) is 12.3. The molecule has 0 unspecified atom stereocenters. The van der Waals surface area contributed by atoms with E-state index in [9.17, 15) is 4.39 Å². The Hall–Kier alpha value is -1.40. The maximum absolute atomic E-state index is 13.5. The van der Waals surface area contributed by atoms with Gasteiger partial charge in [0.15, 0.2) is 11.6 Å². The van der Waals surface area contributed by atoms with Crippen LogP contribution in [0.2, 0.25) is 0 Å². The van der Waals surface area contributed by atoms with E-state index in [0.717, 1.165) is 0 Å². The standard InChI is InChI=1S/C11H10BrFN2O2/c1-14-5-8-6-16-11(15-8)17-10-3-2-7(12)4-9(10)13/h2-4,6,14H,5H2,1H3. The Morgan fingerprint density at radius 3 is 3.06 bits per heavy atom. The van der Waals surface area contributed by atoms with E-state index in [0.29, 0.717) is 16.7 Å². The topological polar surface area (TPSA) is 47.3 Å². The van der Waals surface area contributed by atoms with Gasteiger partial charge in [-0.25, -0.2) is 4.39 Å². The van der Waals surface area contributed by atoms with Gasteiger partial charge in [0.05, 0.1) is 5.69 Å². The van der Waals surface area contributed by atoms with E-state index >= 15 is 0 Å². The largest absolute Gasteiger partial charge is 0.417 e. The van der Waals surface area contributed by atoms with Crippen LogP contribution in [0, 0.1) is 5.82 Å². The molecule has 4 nitrogen and oxygen atoms in total. The average molecular weight is 301 g/mol. The van der Waals surface area contributed by atoms with Gasteiger partial charge in [0, 0.05) is 11.0 Å². The number of benzene rings is 1. The molecule has 0 radical (unpaired) electrons. The van der Waals surface area contributed by atoms with Gasteiger partial charge in [-0.15, -0.1) is 0 Å². The maximum Gasteiger partial charge on any atom is 0.399 e. The lowest BCUT2D eigenvalue weighted by atomic mass is 10.3. The van der Waals surface area contributed by atoms with Crippen LogP contribution in [0.1, 0.15) is 5.69 Å². The monoisotopic (exact) mass is 300 g/mol. The maximum atomic E-state index is 13.5. The predicted molar refractivity (Wildman–Crippen MR) is 63.4 cm³/mol. The molecular formula is C11H10BrFN2O2. The van der Waals surface area contributed by atoms with Gasteiger partial charge >= 0.3 is 6.08 Å². The van der Waals surface area contributed by atoms with Crippen molar-refractivity contribution in [2.75, 3.05) is 7.05 Å². The van der Waals surface area contributed by atoms with Crippen LogP contribution >= 0.6 is 15.9 Å². The second-order valence-corrected chi connectivity index (χ2v) is 4.23. The third kappa shape index (κ3) is 3.04. The highest BCUT2D eigenvalue weighted by Gasteiger charge is 2.09. The number of aromatic nitrogens is 1. The number of oxazole rings is 1. The first kappa shape index (κ1) is 12.1. The SMILES string of the molecule is CNCc1coc(Oc2ccc(Br)cc2F)n1. The minimum absolute atomic E-state index is 0.0245. The predicted octanol–water partition coefficient (Wildman–Crippen LogP) is 3.09. The van der Waals surface area contributed by atoms with Crippen LogP contribution in [0.15, 0.2) is 33.4 Å². The second kappa shape index (κ2) is 5.29. The van der Waals surface area contributed by atoms with Gasteiger partial charge < -0.3 is 14.5 Å². The van der Waals surface area contributed by atoms with Crippen molar-refractivity contribution in [3.8, 4) is 11.8 Å². The molecule has 0 spiro atoms. The van der Waals surface area contributed by atoms with Crippen LogP contribution in [-0.2, 0) is 6.54 Å². The summed E-state index contributed by atoms with van der Waals surface area (Å²) >= 11 is 3.16. The Balaban J connectivity index is 2.13. The average Bonchev–Trinajstić information content (AvgIpc) is 2.71. The fourth-order valence-corrected chi connectivity index (χ4v) is 1.58. The highest BCUT2D eigenvalue weighted by atomic mass is 79.9. The summed E-state index contributed by atoms with van der Waals surface area (Å²) in [6.07, 6.45) is 1.49. The van der Waals surface area contributed by atoms with Gasteiger partial charge in [-0.05, 0) is 25.2 Å². The van der Waals surface area contributed by atoms with Crippen molar-refractivity contribution >= 4 is 15.9 Å². The Kier molecular flexibility index (Phi) is 3.75. The molecular weight excluding hydrogens is 291 g/mol. The summed E-state index contributed by atoms with van der Waals surface area (Å²) in [5.74, 6) is -0.404. The van der Waals surface area contributed by atoms with Gasteiger partial charge in [0.1, 0.15) is 6.26 Å². The number of halogens is 2. The molecule has 0 bridgehead atoms. The number of nitrogens with one attached hydrogen (secondary N) is 1. The van der Waals surface area contributed by atoms with Crippen molar-refractivity contribution < 1.29 is 13.5 Å². The number of ether oxygens (including phenoxy) is 1. The Morgan fingerprint density at radius 2 is 2.35 bits per heavy atom. The van der Waals surface area contributed by atoms with E-state index in [-0.39, 0.29) is 11.8 Å². The van der Waals surface area contributed by atoms with Crippen LogP contribution < -0.4 is 10.1 Å². The van der Waals surface area contributed by atoms with Gasteiger partial charge in [-0.1, -0.05) is 15.9 Å². The summed E-state index contributed by atoms with van der Waals surface area (Å²) in [5.41, 5.74) is 0.694. The summed E-state index contributed by atoms with van der Waals surface area (Å²) < 4.78 is 24.3. The molecule has 1 heterocycles. The molecule has 0 amide bonds. The first-order valence-corrected chi connectivity index (χ1v) is 5.70. The highest BCUT2D eigenvalue weighted by Crippen LogP contribution is 2.26. The molecule has 6 heteroatoms. The van der Waals surface area contributed by atoms with Crippen LogP contribution in [0.3, 0.4) is 0 Å². The highest BCUT2D eigenvalue weighted by molar-refractivity contribution is 9.10. The van der Waals surface area contributed by atoms with Crippen molar-refractivity contribution in [1.29, 1.82) is 0 Å². The van der Waals surface area contributed by atoms with E-state index < -0.39 is 5.82 Å². The summed E-state index contributed by atoms with van der Waals surface area (Å²) in [5, 5.41) is 2.92. The quantitative estimate of drug-likeness (QED) is 0.942. The normalized spacial score (nSPS) is 10.5. The molecule has 2 rings (SSSR count). The summed E-state index contributed by atoms with van der Waals surface area (Å²) in [4.78, 5) is 4.03. The fourth-order valence-electron chi connectivity index (χ4n) is 1.25. The Morgan fingerprint density at radius 1 is 1.53 bits per heavy atom. The van der Waals surface area contributed by atoms with E-state index in [2.05, 4.69) is 26.2 Å². The first-order chi connectivity index (χ1) is 8.19. The molecule has 0 aliphatic rings. The third-order valence-corrected chi connectivity index (χ3v) is 2.47. The number of nitrogens with zero attached hydrogens (tertiary/aromatic N) is 1. The zero-order valence-electron chi connectivity index (χ0n) is 9.04. The van der Waals surface area contributed by atoms with Gasteiger partial charge in [-0.2, -0.15) is 4.98 Å². The van der Waals surface area contributed by atoms with Crippen molar-refractivity contribution in [3.63, 3.8) is 0 Å². The molecule has 0 fully saturated rings. The molecule has 17 heavy (non-hydrogen) atoms. The minimum atomic E-state index is -0.479. The van der Waals surface area contributed by atoms with E-state index in [4.69, 9.17) is 9.15 Å². The summed E-state index contributed by atoms with van der Waals surface area (Å²) in [7, 11) is 1.80. The van der Waals surface area contributed by atoms with Crippen molar-refractivity contribution in [2.45, 2.75) is 6.54 Å². The van der Waals surface area contributed by atoms with E-state index in [1.807, 2.05) is 0 Å². The van der Waals surface area contributed by atoms with Crippen molar-refractivity contribution in [3.05, 3.63) is 40.4 Å². The molecule has 2 aromatic rings. The molecule has 0 saturated carbocycles. The zero-order valence-corrected chi connectivity index (χ0v) is 10.6. The van der Waals surface area contributed by atoms with Gasteiger partial charge in [0.2, 0.25) is 0 Å². The number of rotatable bonds is 4. The van der Waals surface area contributed by atoms with Crippen LogP contribution in [0.25, 0.3) is 0 Å². The molecule has 1 aromatic heterocycles. The Bertz CT molecular complexity index is 516. The van der Waals surface area contributed by atoms with E-state index in [1.165, 1.54) is 18.4 Å². The first-order valence-electron chi connectivity index (χ1n) is 4.91. The van der Waals surface area contributed by atoms with Crippen LogP contribution in [-0.4, -0.2) is 12.0 Å². The van der Waals surface area contributed by atoms with E-state index in [1.54, 1.807) is 13.1 Å². The molecule has 0 saturated heterocycles.